The molecule has 172 valence electrons. The molecular formula is C24H22ClFN2O5. The van der Waals surface area contributed by atoms with Crippen LogP contribution in [0, 0.1) is 17.2 Å². The van der Waals surface area contributed by atoms with Crippen molar-refractivity contribution in [3.05, 3.63) is 73.4 Å². The third-order valence-corrected chi connectivity index (χ3v) is 7.41. The summed E-state index contributed by atoms with van der Waals surface area (Å²) in [4.78, 5) is 38.8. The number of methoxy groups -OCH3 is 1. The topological polar surface area (TPSA) is 97.6 Å². The van der Waals surface area contributed by atoms with Crippen molar-refractivity contribution in [3.63, 3.8) is 0 Å². The molecule has 1 aliphatic heterocycles. The van der Waals surface area contributed by atoms with Crippen molar-refractivity contribution in [2.45, 2.75) is 39.0 Å². The first-order valence-corrected chi connectivity index (χ1v) is 11.1. The molecule has 33 heavy (non-hydrogen) atoms. The first-order chi connectivity index (χ1) is 15.7. The second kappa shape index (κ2) is 7.53. The molecule has 3 aliphatic rings. The Morgan fingerprint density at radius 2 is 2.09 bits per heavy atom. The van der Waals surface area contributed by atoms with Crippen LogP contribution in [0.4, 0.5) is 4.39 Å². The Labute approximate surface area is 193 Å². The van der Waals surface area contributed by atoms with Gasteiger partial charge in [0.15, 0.2) is 5.75 Å². The van der Waals surface area contributed by atoms with Crippen LogP contribution in [-0.2, 0) is 17.8 Å². The monoisotopic (exact) mass is 472 g/mol. The van der Waals surface area contributed by atoms with Crippen molar-refractivity contribution < 1.29 is 23.8 Å². The van der Waals surface area contributed by atoms with Crippen LogP contribution < -0.4 is 10.7 Å². The smallest absolute Gasteiger partial charge is 0.257 e. The second-order valence-electron chi connectivity index (χ2n) is 9.02. The predicted octanol–water partition coefficient (Wildman–Crippen LogP) is 3.21. The van der Waals surface area contributed by atoms with E-state index in [0.717, 1.165) is 18.4 Å². The molecule has 1 spiro atoms. The summed E-state index contributed by atoms with van der Waals surface area (Å²) in [5.74, 6) is -2.55. The molecule has 1 unspecified atom stereocenters. The molecule has 1 amide bonds. The van der Waals surface area contributed by atoms with Gasteiger partial charge in [-0.25, -0.2) is 4.39 Å². The van der Waals surface area contributed by atoms with E-state index >= 15 is 0 Å². The Morgan fingerprint density at radius 1 is 1.36 bits per heavy atom. The molecule has 0 bridgehead atoms. The van der Waals surface area contributed by atoms with Gasteiger partial charge in [0.25, 0.3) is 5.91 Å². The molecule has 1 aromatic carbocycles. The summed E-state index contributed by atoms with van der Waals surface area (Å²) in [6, 6.07) is 4.41. The quantitative estimate of drug-likeness (QED) is 0.712. The highest BCUT2D eigenvalue weighted by Crippen LogP contribution is 2.62. The second-order valence-corrected chi connectivity index (χ2v) is 9.42. The van der Waals surface area contributed by atoms with Crippen LogP contribution in [0.2, 0.25) is 5.02 Å². The highest BCUT2D eigenvalue weighted by atomic mass is 35.5. The van der Waals surface area contributed by atoms with Gasteiger partial charge >= 0.3 is 0 Å². The summed E-state index contributed by atoms with van der Waals surface area (Å²) in [7, 11) is 1.65. The van der Waals surface area contributed by atoms with Crippen molar-refractivity contribution in [3.8, 4) is 5.75 Å². The summed E-state index contributed by atoms with van der Waals surface area (Å²) >= 11 is 5.77. The van der Waals surface area contributed by atoms with E-state index in [4.69, 9.17) is 16.3 Å². The van der Waals surface area contributed by atoms with Gasteiger partial charge in [-0.1, -0.05) is 30.7 Å². The maximum absolute atomic E-state index is 14.1. The molecule has 1 atom stereocenters. The van der Waals surface area contributed by atoms with E-state index in [1.165, 1.54) is 22.9 Å². The number of ketones is 1. The number of hydrogen-bond acceptors (Lipinski definition) is 5. The Morgan fingerprint density at radius 3 is 2.79 bits per heavy atom. The van der Waals surface area contributed by atoms with Gasteiger partial charge in [0.2, 0.25) is 11.2 Å². The highest BCUT2D eigenvalue weighted by Gasteiger charge is 2.59. The van der Waals surface area contributed by atoms with E-state index in [1.807, 2.05) is 6.92 Å². The third-order valence-electron chi connectivity index (χ3n) is 7.12. The number of nitrogens with one attached hydrogen (secondary N) is 1. The molecule has 9 heteroatoms. The average Bonchev–Trinajstić information content (AvgIpc) is 3.46. The molecule has 1 fully saturated rings. The van der Waals surface area contributed by atoms with Gasteiger partial charge in [-0.3, -0.25) is 14.4 Å². The van der Waals surface area contributed by atoms with E-state index in [1.54, 1.807) is 13.2 Å². The Balaban J connectivity index is 1.48. The van der Waals surface area contributed by atoms with Crippen molar-refractivity contribution >= 4 is 23.3 Å². The number of halogens is 2. The fourth-order valence-electron chi connectivity index (χ4n) is 5.40. The van der Waals surface area contributed by atoms with Gasteiger partial charge in [-0.2, -0.15) is 0 Å². The predicted molar refractivity (Wildman–Crippen MR) is 118 cm³/mol. The average molecular weight is 473 g/mol. The maximum Gasteiger partial charge on any atom is 0.257 e. The summed E-state index contributed by atoms with van der Waals surface area (Å²) in [5.41, 5.74) is 0.211. The van der Waals surface area contributed by atoms with Gasteiger partial charge in [0, 0.05) is 48.9 Å². The normalized spacial score (nSPS) is 25.3. The number of fused-ring (bicyclic) bond motifs is 2. The van der Waals surface area contributed by atoms with Crippen LogP contribution in [0.1, 0.15) is 46.2 Å². The lowest BCUT2D eigenvalue weighted by Crippen LogP contribution is -2.45. The van der Waals surface area contributed by atoms with Crippen LogP contribution in [0.25, 0.3) is 0 Å². The molecule has 0 saturated heterocycles. The van der Waals surface area contributed by atoms with E-state index < -0.39 is 22.9 Å². The van der Waals surface area contributed by atoms with Gasteiger partial charge in [-0.15, -0.1) is 0 Å². The number of rotatable bonds is 4. The zero-order valence-electron chi connectivity index (χ0n) is 18.1. The number of ether oxygens (including phenoxy) is 1. The highest BCUT2D eigenvalue weighted by molar-refractivity contribution is 6.30. The number of nitrogens with zero attached hydrogens (tertiary/aromatic N) is 1. The van der Waals surface area contributed by atoms with Crippen LogP contribution in [0.3, 0.4) is 0 Å². The molecule has 2 aliphatic carbocycles. The first kappa shape index (κ1) is 21.9. The molecule has 2 heterocycles. The maximum atomic E-state index is 14.1. The van der Waals surface area contributed by atoms with Gasteiger partial charge in [0.05, 0.1) is 11.1 Å². The summed E-state index contributed by atoms with van der Waals surface area (Å²) in [6.07, 6.45) is 2.84. The number of hydrogen-bond donors (Lipinski definition) is 2. The number of aromatic nitrogens is 1. The first-order valence-electron chi connectivity index (χ1n) is 10.7. The molecule has 5 rings (SSSR count). The van der Waals surface area contributed by atoms with Crippen molar-refractivity contribution in [1.82, 2.24) is 9.88 Å². The number of carbonyl (C=O) groups excluding carboxylic acids is 2. The van der Waals surface area contributed by atoms with Crippen molar-refractivity contribution in [1.29, 1.82) is 0 Å². The Hall–Kier alpha value is -2.97. The Bertz CT molecular complexity index is 1310. The zero-order valence-corrected chi connectivity index (χ0v) is 18.8. The minimum atomic E-state index is -0.937. The number of allylic oxidation sites excluding steroid dienone is 2. The molecule has 7 nitrogen and oxygen atoms in total. The lowest BCUT2D eigenvalue weighted by Gasteiger charge is -2.47. The fraction of sp³-hybridized carbons (Fsp3) is 0.375. The Kier molecular flexibility index (Phi) is 4.99. The molecular weight excluding hydrogens is 451 g/mol. The van der Waals surface area contributed by atoms with Crippen LogP contribution in [0.15, 0.2) is 40.3 Å². The molecule has 0 radical (unpaired) electrons. The summed E-state index contributed by atoms with van der Waals surface area (Å²) in [6.45, 7) is 2.11. The van der Waals surface area contributed by atoms with E-state index in [9.17, 15) is 23.9 Å². The molecule has 1 aromatic heterocycles. The number of carbonyl (C=O) groups is 2. The van der Waals surface area contributed by atoms with Crippen molar-refractivity contribution in [2.75, 3.05) is 7.11 Å². The lowest BCUT2D eigenvalue weighted by atomic mass is 9.64. The number of pyridine rings is 1. The number of benzene rings is 1. The number of aromatic hydroxyl groups is 1. The standard InChI is InChI=1S/C24H22ClFN2O5/c1-11-16-17(11)24(6-13(7-24)33-2)10-28-9-14(20(29)22(31)19(28)21(16)30)23(32)27-8-12-4-3-5-15(25)18(12)26/h3-5,9,11,13,31H,6-8,10H2,1-2H3,(H,27,32)/t11?,13-,24-. The van der Waals surface area contributed by atoms with Crippen LogP contribution >= 0.6 is 11.6 Å². The minimum Gasteiger partial charge on any atom is -0.503 e. The SMILES string of the molecule is CO[C@H]1C[C@@]2(Cn3cc(C(=O)NCc4cccc(Cl)c4F)c(=O)c(O)c3C(=O)C3=C2C3C)C1. The molecule has 2 N–H and O–H groups in total. The fourth-order valence-corrected chi connectivity index (χ4v) is 5.59. The van der Waals surface area contributed by atoms with Crippen LogP contribution in [-0.4, -0.2) is 34.6 Å². The lowest BCUT2D eigenvalue weighted by molar-refractivity contribution is -0.0471. The van der Waals surface area contributed by atoms with Crippen molar-refractivity contribution in [2.24, 2.45) is 11.3 Å². The van der Waals surface area contributed by atoms with Gasteiger partial charge in [-0.05, 0) is 24.5 Å². The third kappa shape index (κ3) is 3.23. The van der Waals surface area contributed by atoms with E-state index in [2.05, 4.69) is 5.32 Å². The van der Waals surface area contributed by atoms with Gasteiger partial charge < -0.3 is 19.7 Å². The largest absolute Gasteiger partial charge is 0.503 e. The zero-order chi connectivity index (χ0) is 23.7. The van der Waals surface area contributed by atoms with Crippen LogP contribution in [0.5, 0.6) is 5.75 Å². The van der Waals surface area contributed by atoms with E-state index in [0.29, 0.717) is 12.1 Å². The van der Waals surface area contributed by atoms with Gasteiger partial charge in [0.1, 0.15) is 17.1 Å². The minimum absolute atomic E-state index is 0.00845. The number of Topliss-reactive ketones (excluding diaryl/α,β-unsaturated/α-hetero) is 1. The summed E-state index contributed by atoms with van der Waals surface area (Å²) < 4.78 is 21.1. The van der Waals surface area contributed by atoms with E-state index in [-0.39, 0.29) is 51.6 Å². The summed E-state index contributed by atoms with van der Waals surface area (Å²) in [5, 5.41) is 13.1. The molecule has 1 saturated carbocycles. The number of amides is 1. The molecule has 2 aromatic rings.